The maximum atomic E-state index is 12.4. The van der Waals surface area contributed by atoms with E-state index in [0.29, 0.717) is 18.7 Å². The number of likely N-dealkylation sites (tertiary alicyclic amines) is 1. The van der Waals surface area contributed by atoms with E-state index in [0.717, 1.165) is 30.8 Å². The fraction of sp³-hybridized carbons (Fsp3) is 0.458. The molecule has 1 aliphatic rings. The molecule has 1 saturated heterocycles. The van der Waals surface area contributed by atoms with E-state index in [-0.39, 0.29) is 18.9 Å². The van der Waals surface area contributed by atoms with Gasteiger partial charge in [0.15, 0.2) is 0 Å². The molecule has 0 aromatic heterocycles. The summed E-state index contributed by atoms with van der Waals surface area (Å²) < 4.78 is 25.8. The Hall–Kier alpha value is -2.38. The summed E-state index contributed by atoms with van der Waals surface area (Å²) in [5.74, 6) is -0.0617. The standard InChI is InChI=1S/C24H33N3O3S/c1-20-11-13-23(14-12-20)27(31(2,29)30)17-7-10-24(28)25-18-21-8-3-4-9-22(21)19-26-15-5-6-16-26/h3-4,8-9,11-14H,5-7,10,15-19H2,1-2H3,(H,25,28). The second-order valence-electron chi connectivity index (χ2n) is 8.30. The minimum absolute atomic E-state index is 0.0617. The third-order valence-corrected chi connectivity index (χ3v) is 6.87. The number of sulfonamides is 1. The van der Waals surface area contributed by atoms with Gasteiger partial charge in [-0.25, -0.2) is 8.42 Å². The molecule has 1 aliphatic heterocycles. The molecule has 0 bridgehead atoms. The largest absolute Gasteiger partial charge is 0.352 e. The predicted molar refractivity (Wildman–Crippen MR) is 125 cm³/mol. The first-order valence-electron chi connectivity index (χ1n) is 10.9. The number of anilines is 1. The maximum Gasteiger partial charge on any atom is 0.232 e. The van der Waals surface area contributed by atoms with Crippen LogP contribution in [0.25, 0.3) is 0 Å². The van der Waals surface area contributed by atoms with Crippen molar-refractivity contribution in [2.75, 3.05) is 30.2 Å². The van der Waals surface area contributed by atoms with Gasteiger partial charge in [0.1, 0.15) is 0 Å². The van der Waals surface area contributed by atoms with Crippen LogP contribution in [0.4, 0.5) is 5.69 Å². The van der Waals surface area contributed by atoms with Gasteiger partial charge in [0, 0.05) is 26.1 Å². The van der Waals surface area contributed by atoms with Gasteiger partial charge in [0.2, 0.25) is 15.9 Å². The summed E-state index contributed by atoms with van der Waals surface area (Å²) in [6.45, 7) is 5.93. The number of carbonyl (C=O) groups excluding carboxylic acids is 1. The van der Waals surface area contributed by atoms with Gasteiger partial charge in [-0.3, -0.25) is 14.0 Å². The van der Waals surface area contributed by atoms with Crippen molar-refractivity contribution >= 4 is 21.6 Å². The normalized spacial score (nSPS) is 14.5. The Morgan fingerprint density at radius 2 is 1.68 bits per heavy atom. The van der Waals surface area contributed by atoms with Gasteiger partial charge in [0.25, 0.3) is 0 Å². The first-order valence-corrected chi connectivity index (χ1v) is 12.8. The van der Waals surface area contributed by atoms with E-state index in [9.17, 15) is 13.2 Å². The van der Waals surface area contributed by atoms with E-state index in [4.69, 9.17) is 0 Å². The minimum Gasteiger partial charge on any atom is -0.352 e. The Morgan fingerprint density at radius 3 is 2.32 bits per heavy atom. The molecule has 2 aromatic carbocycles. The van der Waals surface area contributed by atoms with Crippen molar-refractivity contribution in [1.29, 1.82) is 0 Å². The highest BCUT2D eigenvalue weighted by Crippen LogP contribution is 2.19. The minimum atomic E-state index is -3.40. The number of benzene rings is 2. The monoisotopic (exact) mass is 443 g/mol. The average Bonchev–Trinajstić information content (AvgIpc) is 3.24. The van der Waals surface area contributed by atoms with Crippen LogP contribution in [0.1, 0.15) is 42.4 Å². The molecular formula is C24H33N3O3S. The molecule has 0 atom stereocenters. The molecular weight excluding hydrogens is 410 g/mol. The molecule has 0 aliphatic carbocycles. The van der Waals surface area contributed by atoms with Crippen LogP contribution in [0.3, 0.4) is 0 Å². The summed E-state index contributed by atoms with van der Waals surface area (Å²) in [6.07, 6.45) is 4.45. The zero-order chi connectivity index (χ0) is 22.3. The molecule has 0 saturated carbocycles. The van der Waals surface area contributed by atoms with Gasteiger partial charge in [-0.1, -0.05) is 42.0 Å². The van der Waals surface area contributed by atoms with Gasteiger partial charge in [-0.15, -0.1) is 0 Å². The van der Waals surface area contributed by atoms with E-state index in [2.05, 4.69) is 22.3 Å². The highest BCUT2D eigenvalue weighted by Gasteiger charge is 2.18. The summed E-state index contributed by atoms with van der Waals surface area (Å²) in [5, 5.41) is 3.00. The molecule has 168 valence electrons. The van der Waals surface area contributed by atoms with Crippen molar-refractivity contribution in [3.8, 4) is 0 Å². The van der Waals surface area contributed by atoms with Crippen molar-refractivity contribution in [2.45, 2.75) is 45.7 Å². The van der Waals surface area contributed by atoms with Crippen molar-refractivity contribution in [1.82, 2.24) is 10.2 Å². The van der Waals surface area contributed by atoms with Gasteiger partial charge < -0.3 is 5.32 Å². The number of hydrogen-bond donors (Lipinski definition) is 1. The van der Waals surface area contributed by atoms with Crippen molar-refractivity contribution < 1.29 is 13.2 Å². The van der Waals surface area contributed by atoms with E-state index < -0.39 is 10.0 Å². The van der Waals surface area contributed by atoms with Gasteiger partial charge in [-0.05, 0) is 62.5 Å². The molecule has 1 N–H and O–H groups in total. The Bertz CT molecular complexity index is 968. The summed E-state index contributed by atoms with van der Waals surface area (Å²) in [7, 11) is -3.40. The highest BCUT2D eigenvalue weighted by molar-refractivity contribution is 7.92. The lowest BCUT2D eigenvalue weighted by Gasteiger charge is -2.22. The lowest BCUT2D eigenvalue weighted by Crippen LogP contribution is -2.32. The topological polar surface area (TPSA) is 69.7 Å². The van der Waals surface area contributed by atoms with Crippen LogP contribution in [0.5, 0.6) is 0 Å². The Kier molecular flexibility index (Phi) is 8.09. The van der Waals surface area contributed by atoms with Crippen LogP contribution >= 0.6 is 0 Å². The zero-order valence-corrected chi connectivity index (χ0v) is 19.3. The summed E-state index contributed by atoms with van der Waals surface area (Å²) >= 11 is 0. The Balaban J connectivity index is 1.50. The van der Waals surface area contributed by atoms with Gasteiger partial charge >= 0.3 is 0 Å². The lowest BCUT2D eigenvalue weighted by molar-refractivity contribution is -0.121. The van der Waals surface area contributed by atoms with E-state index >= 15 is 0 Å². The SMILES string of the molecule is Cc1ccc(N(CCCC(=O)NCc2ccccc2CN2CCCC2)S(C)(=O)=O)cc1. The van der Waals surface area contributed by atoms with Crippen LogP contribution in [-0.4, -0.2) is 45.1 Å². The number of aryl methyl sites for hydroxylation is 1. The van der Waals surface area contributed by atoms with Crippen LogP contribution in [0.2, 0.25) is 0 Å². The fourth-order valence-electron chi connectivity index (χ4n) is 3.93. The molecule has 1 heterocycles. The third kappa shape index (κ3) is 7.08. The molecule has 31 heavy (non-hydrogen) atoms. The first kappa shape index (κ1) is 23.3. The van der Waals surface area contributed by atoms with Crippen molar-refractivity contribution in [2.24, 2.45) is 0 Å². The average molecular weight is 444 g/mol. The predicted octanol–water partition coefficient (Wildman–Crippen LogP) is 3.45. The smallest absolute Gasteiger partial charge is 0.232 e. The van der Waals surface area contributed by atoms with Gasteiger partial charge in [-0.2, -0.15) is 0 Å². The third-order valence-electron chi connectivity index (χ3n) is 5.67. The molecule has 0 unspecified atom stereocenters. The van der Waals surface area contributed by atoms with Crippen LogP contribution < -0.4 is 9.62 Å². The van der Waals surface area contributed by atoms with Gasteiger partial charge in [0.05, 0.1) is 11.9 Å². The fourth-order valence-corrected chi connectivity index (χ4v) is 4.89. The number of hydrogen-bond acceptors (Lipinski definition) is 4. The number of nitrogens with one attached hydrogen (secondary N) is 1. The summed E-state index contributed by atoms with van der Waals surface area (Å²) in [4.78, 5) is 14.8. The molecule has 1 amide bonds. The van der Waals surface area contributed by atoms with Crippen LogP contribution in [-0.2, 0) is 27.9 Å². The number of rotatable bonds is 10. The molecule has 2 aromatic rings. The Morgan fingerprint density at radius 1 is 1.03 bits per heavy atom. The Labute approximate surface area is 186 Å². The lowest BCUT2D eigenvalue weighted by atomic mass is 10.1. The molecule has 0 radical (unpaired) electrons. The van der Waals surface area contributed by atoms with Crippen LogP contribution in [0.15, 0.2) is 48.5 Å². The quantitative estimate of drug-likeness (QED) is 0.611. The van der Waals surface area contributed by atoms with E-state index in [1.54, 1.807) is 12.1 Å². The molecule has 3 rings (SSSR count). The summed E-state index contributed by atoms with van der Waals surface area (Å²) in [5.41, 5.74) is 4.10. The zero-order valence-electron chi connectivity index (χ0n) is 18.5. The van der Waals surface area contributed by atoms with E-state index in [1.165, 1.54) is 29.0 Å². The maximum absolute atomic E-state index is 12.4. The van der Waals surface area contributed by atoms with Crippen molar-refractivity contribution in [3.05, 3.63) is 65.2 Å². The van der Waals surface area contributed by atoms with E-state index in [1.807, 2.05) is 31.2 Å². The highest BCUT2D eigenvalue weighted by atomic mass is 32.2. The molecule has 1 fully saturated rings. The molecule has 7 heteroatoms. The summed E-state index contributed by atoms with van der Waals surface area (Å²) in [6, 6.07) is 15.6. The molecule has 6 nitrogen and oxygen atoms in total. The number of nitrogens with zero attached hydrogens (tertiary/aromatic N) is 2. The van der Waals surface area contributed by atoms with Crippen LogP contribution in [0, 0.1) is 6.92 Å². The second-order valence-corrected chi connectivity index (χ2v) is 10.2. The first-order chi connectivity index (χ1) is 14.8. The number of carbonyl (C=O) groups is 1. The number of amides is 1. The van der Waals surface area contributed by atoms with Crippen molar-refractivity contribution in [3.63, 3.8) is 0 Å². The second kappa shape index (κ2) is 10.8. The molecule has 0 spiro atoms.